The highest BCUT2D eigenvalue weighted by Crippen LogP contribution is 2.40. The van der Waals surface area contributed by atoms with Crippen molar-refractivity contribution < 1.29 is 32.6 Å². The van der Waals surface area contributed by atoms with Gasteiger partial charge in [0, 0.05) is 30.6 Å². The first-order valence-electron chi connectivity index (χ1n) is 11.3. The van der Waals surface area contributed by atoms with Crippen molar-refractivity contribution in [1.29, 1.82) is 0 Å². The number of alkyl halides is 3. The number of carbonyl (C=O) groups excluding carboxylic acids is 1. The van der Waals surface area contributed by atoms with Crippen molar-refractivity contribution in [1.82, 2.24) is 9.55 Å². The molecule has 194 valence electrons. The molecule has 0 spiro atoms. The van der Waals surface area contributed by atoms with E-state index in [-0.39, 0.29) is 5.91 Å². The van der Waals surface area contributed by atoms with Crippen molar-refractivity contribution in [3.63, 3.8) is 0 Å². The lowest BCUT2D eigenvalue weighted by molar-refractivity contribution is -0.192. The molecule has 1 aromatic heterocycles. The Hall–Kier alpha value is -4.86. The number of carbonyl (C=O) groups is 2. The number of nitrogens with one attached hydrogen (secondary N) is 1. The van der Waals surface area contributed by atoms with Crippen molar-refractivity contribution in [3.05, 3.63) is 102 Å². The van der Waals surface area contributed by atoms with Crippen LogP contribution in [0.1, 0.15) is 16.7 Å². The molecule has 1 aliphatic carbocycles. The number of benzene rings is 3. The maximum Gasteiger partial charge on any atom is 0.490 e. The van der Waals surface area contributed by atoms with Crippen molar-refractivity contribution in [2.45, 2.75) is 12.6 Å². The maximum absolute atomic E-state index is 12.6. The third kappa shape index (κ3) is 5.92. The first-order valence-corrected chi connectivity index (χ1v) is 11.3. The van der Waals surface area contributed by atoms with E-state index in [2.05, 4.69) is 34.6 Å². The molecule has 7 nitrogen and oxygen atoms in total. The Morgan fingerprint density at radius 1 is 1.08 bits per heavy atom. The van der Waals surface area contributed by atoms with Crippen LogP contribution in [0.25, 0.3) is 22.9 Å². The fourth-order valence-electron chi connectivity index (χ4n) is 4.03. The van der Waals surface area contributed by atoms with E-state index in [1.54, 1.807) is 31.8 Å². The Labute approximate surface area is 215 Å². The topological polar surface area (TPSA) is 93.5 Å². The van der Waals surface area contributed by atoms with E-state index in [4.69, 9.17) is 14.6 Å². The Balaban J connectivity index is 0.000000426. The molecule has 5 rings (SSSR count). The highest BCUT2D eigenvalue weighted by atomic mass is 19.4. The number of aromatic nitrogens is 2. The number of amides is 1. The van der Waals surface area contributed by atoms with E-state index in [1.807, 2.05) is 47.2 Å². The Kier molecular flexibility index (Phi) is 7.61. The predicted molar refractivity (Wildman–Crippen MR) is 136 cm³/mol. The molecule has 0 fully saturated rings. The van der Waals surface area contributed by atoms with Crippen LogP contribution in [0.3, 0.4) is 0 Å². The van der Waals surface area contributed by atoms with Gasteiger partial charge in [-0.1, -0.05) is 42.5 Å². The Morgan fingerprint density at radius 3 is 2.50 bits per heavy atom. The molecule has 0 radical (unpaired) electrons. The summed E-state index contributed by atoms with van der Waals surface area (Å²) in [5.74, 6) is -2.21. The number of carboxylic acids is 1. The van der Waals surface area contributed by atoms with Crippen LogP contribution in [0.2, 0.25) is 0 Å². The number of halogens is 3. The number of ether oxygens (including phenoxy) is 1. The number of carboxylic acid groups (broad SMARTS) is 1. The van der Waals surface area contributed by atoms with Gasteiger partial charge >= 0.3 is 12.1 Å². The van der Waals surface area contributed by atoms with Gasteiger partial charge in [-0.3, -0.25) is 4.79 Å². The zero-order chi connectivity index (χ0) is 27.3. The fourth-order valence-corrected chi connectivity index (χ4v) is 4.03. The summed E-state index contributed by atoms with van der Waals surface area (Å²) in [6.45, 7) is 0. The van der Waals surface area contributed by atoms with Crippen molar-refractivity contribution in [2.24, 2.45) is 0 Å². The zero-order valence-electron chi connectivity index (χ0n) is 20.1. The van der Waals surface area contributed by atoms with Gasteiger partial charge in [-0.2, -0.15) is 13.2 Å². The maximum atomic E-state index is 12.6. The first kappa shape index (κ1) is 26.2. The largest absolute Gasteiger partial charge is 0.495 e. The highest BCUT2D eigenvalue weighted by molar-refractivity contribution is 6.03. The number of nitrogens with zero attached hydrogens (tertiary/aromatic N) is 2. The van der Waals surface area contributed by atoms with Crippen LogP contribution >= 0.6 is 0 Å². The van der Waals surface area contributed by atoms with Crippen LogP contribution in [-0.4, -0.2) is 39.8 Å². The lowest BCUT2D eigenvalue weighted by Crippen LogP contribution is -2.21. The van der Waals surface area contributed by atoms with Crippen molar-refractivity contribution >= 4 is 23.6 Å². The minimum absolute atomic E-state index is 0.165. The van der Waals surface area contributed by atoms with E-state index in [1.165, 1.54) is 16.7 Å². The minimum Gasteiger partial charge on any atom is -0.495 e. The molecular weight excluding hydrogens is 499 g/mol. The molecule has 0 saturated carbocycles. The van der Waals surface area contributed by atoms with E-state index >= 15 is 0 Å². The van der Waals surface area contributed by atoms with Gasteiger partial charge in [-0.05, 0) is 52.1 Å². The molecule has 0 saturated heterocycles. The minimum atomic E-state index is -5.08. The van der Waals surface area contributed by atoms with Gasteiger partial charge in [0.15, 0.2) is 0 Å². The number of aliphatic carboxylic acids is 1. The summed E-state index contributed by atoms with van der Waals surface area (Å²) in [5, 5.41) is 10.2. The van der Waals surface area contributed by atoms with Gasteiger partial charge < -0.3 is 19.7 Å². The standard InChI is InChI=1S/C26H21N3O2.C2HF3O2/c1-31-25-15-18(9-11-24(25)29-14-13-27-17-29)10-12-26(30)28-23-8-4-7-21-20-6-3-2-5-19(20)16-22(21)23;3-2(4,5)1(6)7/h2-15,17H,16H2,1H3,(H,28,30);(H,6,7)/b12-10+;. The second kappa shape index (κ2) is 11.0. The third-order valence-electron chi connectivity index (χ3n) is 5.76. The zero-order valence-corrected chi connectivity index (χ0v) is 20.1. The molecule has 3 aromatic carbocycles. The summed E-state index contributed by atoms with van der Waals surface area (Å²) < 4.78 is 39.1. The third-order valence-corrected chi connectivity index (χ3v) is 5.76. The lowest BCUT2D eigenvalue weighted by Gasteiger charge is -2.10. The molecule has 0 aliphatic heterocycles. The highest BCUT2D eigenvalue weighted by Gasteiger charge is 2.38. The smallest absolute Gasteiger partial charge is 0.490 e. The van der Waals surface area contributed by atoms with Gasteiger partial charge in [-0.25, -0.2) is 9.78 Å². The summed E-state index contributed by atoms with van der Waals surface area (Å²) in [7, 11) is 1.63. The van der Waals surface area contributed by atoms with E-state index in [0.717, 1.165) is 28.9 Å². The lowest BCUT2D eigenvalue weighted by atomic mass is 10.0. The number of methoxy groups -OCH3 is 1. The van der Waals surface area contributed by atoms with Crippen LogP contribution in [0.4, 0.5) is 18.9 Å². The number of anilines is 1. The molecule has 10 heteroatoms. The summed E-state index contributed by atoms with van der Waals surface area (Å²) >= 11 is 0. The molecule has 0 atom stereocenters. The second-order valence-electron chi connectivity index (χ2n) is 8.19. The van der Waals surface area contributed by atoms with E-state index < -0.39 is 12.1 Å². The summed E-state index contributed by atoms with van der Waals surface area (Å²) in [4.78, 5) is 25.6. The van der Waals surface area contributed by atoms with Crippen LogP contribution in [-0.2, 0) is 16.0 Å². The van der Waals surface area contributed by atoms with Crippen LogP contribution < -0.4 is 10.1 Å². The van der Waals surface area contributed by atoms with Gasteiger partial charge in [0.25, 0.3) is 0 Å². The number of imidazole rings is 1. The fraction of sp³-hybridized carbons (Fsp3) is 0.107. The average molecular weight is 521 g/mol. The number of hydrogen-bond donors (Lipinski definition) is 2. The quantitative estimate of drug-likeness (QED) is 0.288. The Morgan fingerprint density at radius 2 is 1.82 bits per heavy atom. The molecular formula is C28H22F3N3O4. The van der Waals surface area contributed by atoms with Gasteiger partial charge in [0.1, 0.15) is 5.75 Å². The van der Waals surface area contributed by atoms with Crippen molar-refractivity contribution in [2.75, 3.05) is 12.4 Å². The molecule has 0 unspecified atom stereocenters. The number of rotatable bonds is 5. The molecule has 38 heavy (non-hydrogen) atoms. The molecule has 1 aliphatic rings. The molecule has 4 aromatic rings. The van der Waals surface area contributed by atoms with E-state index in [9.17, 15) is 18.0 Å². The number of hydrogen-bond acceptors (Lipinski definition) is 4. The Bertz CT molecular complexity index is 1500. The van der Waals surface area contributed by atoms with Crippen molar-refractivity contribution in [3.8, 4) is 22.6 Å². The van der Waals surface area contributed by atoms with E-state index in [0.29, 0.717) is 5.75 Å². The SMILES string of the molecule is COc1cc(/C=C/C(=O)Nc2cccc3c2Cc2ccccc2-3)ccc1-n1ccnc1.O=C(O)C(F)(F)F. The molecule has 1 heterocycles. The van der Waals surface area contributed by atoms with Crippen LogP contribution in [0.15, 0.2) is 85.5 Å². The monoisotopic (exact) mass is 521 g/mol. The normalized spacial score (nSPS) is 11.8. The van der Waals surface area contributed by atoms with Crippen LogP contribution in [0.5, 0.6) is 5.75 Å². The molecule has 0 bridgehead atoms. The average Bonchev–Trinajstić information content (AvgIpc) is 3.56. The second-order valence-corrected chi connectivity index (χ2v) is 8.19. The molecule has 2 N–H and O–H groups in total. The summed E-state index contributed by atoms with van der Waals surface area (Å²) in [6, 6.07) is 20.2. The van der Waals surface area contributed by atoms with Crippen LogP contribution in [0, 0.1) is 0 Å². The predicted octanol–water partition coefficient (Wildman–Crippen LogP) is 5.74. The van der Waals surface area contributed by atoms with Gasteiger partial charge in [-0.15, -0.1) is 0 Å². The summed E-state index contributed by atoms with van der Waals surface area (Å²) in [5.41, 5.74) is 7.52. The summed E-state index contributed by atoms with van der Waals surface area (Å²) in [6.07, 6.45) is 4.38. The molecule has 1 amide bonds. The van der Waals surface area contributed by atoms with Gasteiger partial charge in [0.05, 0.1) is 19.1 Å². The first-order chi connectivity index (χ1) is 18.2. The number of fused-ring (bicyclic) bond motifs is 3. The van der Waals surface area contributed by atoms with Gasteiger partial charge in [0.2, 0.25) is 5.91 Å².